The third-order valence-electron chi connectivity index (χ3n) is 4.14. The maximum absolute atomic E-state index is 11.5. The van der Waals surface area contributed by atoms with Gasteiger partial charge in [0.1, 0.15) is 0 Å². The van der Waals surface area contributed by atoms with E-state index in [1.165, 1.54) is 6.42 Å². The van der Waals surface area contributed by atoms with Gasteiger partial charge in [0.05, 0.1) is 23.7 Å². The Kier molecular flexibility index (Phi) is 3.54. The zero-order valence-electron chi connectivity index (χ0n) is 10.7. The average Bonchev–Trinajstić information content (AvgIpc) is 2.35. The fourth-order valence-corrected chi connectivity index (χ4v) is 4.77. The molecule has 17 heavy (non-hydrogen) atoms. The van der Waals surface area contributed by atoms with Crippen LogP contribution in [-0.2, 0) is 9.84 Å². The Bertz CT molecular complexity index is 377. The van der Waals surface area contributed by atoms with Crippen molar-refractivity contribution in [2.75, 3.05) is 24.6 Å². The highest BCUT2D eigenvalue weighted by molar-refractivity contribution is 7.91. The third-order valence-corrected chi connectivity index (χ3v) is 5.84. The van der Waals surface area contributed by atoms with Crippen LogP contribution in [0.4, 0.5) is 0 Å². The van der Waals surface area contributed by atoms with E-state index in [4.69, 9.17) is 0 Å². The van der Waals surface area contributed by atoms with Gasteiger partial charge in [-0.3, -0.25) is 4.90 Å². The topological polar surface area (TPSA) is 57.6 Å². The summed E-state index contributed by atoms with van der Waals surface area (Å²) in [5.74, 6) is 0.0756. The lowest BCUT2D eigenvalue weighted by Crippen LogP contribution is -2.43. The molecule has 2 rings (SSSR count). The molecule has 2 heterocycles. The van der Waals surface area contributed by atoms with E-state index in [2.05, 4.69) is 18.7 Å². The summed E-state index contributed by atoms with van der Waals surface area (Å²) >= 11 is 0. The van der Waals surface area contributed by atoms with E-state index >= 15 is 0 Å². The summed E-state index contributed by atoms with van der Waals surface area (Å²) in [6, 6.07) is -0.172. The van der Waals surface area contributed by atoms with Crippen LogP contribution in [0.3, 0.4) is 0 Å². The van der Waals surface area contributed by atoms with Gasteiger partial charge in [-0.2, -0.15) is 0 Å². The van der Waals surface area contributed by atoms with Crippen LogP contribution >= 0.6 is 0 Å². The Morgan fingerprint density at radius 1 is 1.18 bits per heavy atom. The number of nitrogens with zero attached hydrogens (tertiary/aromatic N) is 1. The summed E-state index contributed by atoms with van der Waals surface area (Å²) in [5, 5.41) is 9.88. The van der Waals surface area contributed by atoms with Gasteiger partial charge >= 0.3 is 0 Å². The van der Waals surface area contributed by atoms with Crippen LogP contribution in [0.5, 0.6) is 0 Å². The Morgan fingerprint density at radius 3 is 2.47 bits per heavy atom. The van der Waals surface area contributed by atoms with Gasteiger partial charge in [0.25, 0.3) is 0 Å². The molecule has 0 radical (unpaired) electrons. The van der Waals surface area contributed by atoms with Crippen molar-refractivity contribution in [3.05, 3.63) is 0 Å². The molecule has 0 aromatic carbocycles. The summed E-state index contributed by atoms with van der Waals surface area (Å²) < 4.78 is 23.0. The van der Waals surface area contributed by atoms with Gasteiger partial charge in [-0.15, -0.1) is 0 Å². The first-order chi connectivity index (χ1) is 7.79. The van der Waals surface area contributed by atoms with Gasteiger partial charge in [0.2, 0.25) is 0 Å². The van der Waals surface area contributed by atoms with E-state index in [0.29, 0.717) is 5.41 Å². The minimum Gasteiger partial charge on any atom is -0.390 e. The molecule has 2 unspecified atom stereocenters. The van der Waals surface area contributed by atoms with E-state index in [1.807, 2.05) is 0 Å². The molecule has 0 bridgehead atoms. The second-order valence-electron chi connectivity index (χ2n) is 6.27. The lowest BCUT2D eigenvalue weighted by molar-refractivity contribution is 0.0834. The molecule has 0 aromatic rings. The summed E-state index contributed by atoms with van der Waals surface area (Å²) in [7, 11) is -3.03. The number of aliphatic hydroxyl groups is 1. The molecule has 0 aliphatic carbocycles. The molecular formula is C12H23NO3S. The molecule has 0 saturated carbocycles. The maximum Gasteiger partial charge on any atom is 0.154 e. The van der Waals surface area contributed by atoms with Gasteiger partial charge in [-0.05, 0) is 37.8 Å². The molecule has 0 aromatic heterocycles. The van der Waals surface area contributed by atoms with Crippen molar-refractivity contribution in [1.82, 2.24) is 4.90 Å². The van der Waals surface area contributed by atoms with Crippen molar-refractivity contribution in [1.29, 1.82) is 0 Å². The number of hydrogen-bond acceptors (Lipinski definition) is 4. The summed E-state index contributed by atoms with van der Waals surface area (Å²) in [5.41, 5.74) is 0.344. The van der Waals surface area contributed by atoms with Crippen LogP contribution in [0.1, 0.15) is 33.1 Å². The molecular weight excluding hydrogens is 238 g/mol. The lowest BCUT2D eigenvalue weighted by atomic mass is 9.85. The van der Waals surface area contributed by atoms with Crippen molar-refractivity contribution < 1.29 is 13.5 Å². The second kappa shape index (κ2) is 4.52. The van der Waals surface area contributed by atoms with Crippen LogP contribution in [0.25, 0.3) is 0 Å². The smallest absolute Gasteiger partial charge is 0.154 e. The van der Waals surface area contributed by atoms with Gasteiger partial charge in [-0.1, -0.05) is 13.8 Å². The zero-order chi connectivity index (χ0) is 12.7. The van der Waals surface area contributed by atoms with Gasteiger partial charge in [-0.25, -0.2) is 8.42 Å². The quantitative estimate of drug-likeness (QED) is 0.753. The molecule has 2 fully saturated rings. The maximum atomic E-state index is 11.5. The largest absolute Gasteiger partial charge is 0.390 e. The first-order valence-electron chi connectivity index (χ1n) is 6.42. The summed E-state index contributed by atoms with van der Waals surface area (Å²) in [6.45, 7) is 6.35. The Hall–Kier alpha value is -0.130. The van der Waals surface area contributed by atoms with Crippen molar-refractivity contribution in [3.63, 3.8) is 0 Å². The molecule has 100 valence electrons. The van der Waals surface area contributed by atoms with Crippen LogP contribution in [-0.4, -0.2) is 55.2 Å². The molecule has 2 saturated heterocycles. The molecule has 0 spiro atoms. The number of aliphatic hydroxyl groups excluding tert-OH is 1. The third kappa shape index (κ3) is 3.20. The van der Waals surface area contributed by atoms with Crippen LogP contribution in [0.2, 0.25) is 0 Å². The van der Waals surface area contributed by atoms with Crippen molar-refractivity contribution >= 4 is 9.84 Å². The fraction of sp³-hybridized carbons (Fsp3) is 1.00. The monoisotopic (exact) mass is 261 g/mol. The Balaban J connectivity index is 2.04. The van der Waals surface area contributed by atoms with E-state index < -0.39 is 15.9 Å². The zero-order valence-corrected chi connectivity index (χ0v) is 11.5. The van der Waals surface area contributed by atoms with Crippen molar-refractivity contribution in [3.8, 4) is 0 Å². The minimum absolute atomic E-state index is 0.0580. The number of sulfone groups is 1. The normalized spacial score (nSPS) is 37.8. The predicted molar refractivity (Wildman–Crippen MR) is 67.7 cm³/mol. The highest BCUT2D eigenvalue weighted by Crippen LogP contribution is 2.31. The lowest BCUT2D eigenvalue weighted by Gasteiger charge is -2.29. The Morgan fingerprint density at radius 2 is 1.88 bits per heavy atom. The summed E-state index contributed by atoms with van der Waals surface area (Å²) in [6.07, 6.45) is 2.66. The van der Waals surface area contributed by atoms with Crippen molar-refractivity contribution in [2.24, 2.45) is 5.41 Å². The van der Waals surface area contributed by atoms with Crippen molar-refractivity contribution in [2.45, 2.75) is 45.3 Å². The molecule has 4 nitrogen and oxygen atoms in total. The predicted octanol–water partition coefficient (Wildman–Crippen LogP) is 0.656. The number of likely N-dealkylation sites (tertiary alicyclic amines) is 1. The standard InChI is InChI=1S/C12H23NO3S/c1-12(2)4-3-6-13(7-5-12)10-8-17(15,16)9-11(10)14/h10-11,14H,3-9H2,1-2H3. The molecule has 2 aliphatic rings. The molecule has 0 amide bonds. The fourth-order valence-electron chi connectivity index (χ4n) is 2.93. The second-order valence-corrected chi connectivity index (χ2v) is 8.42. The first-order valence-corrected chi connectivity index (χ1v) is 8.24. The van der Waals surface area contributed by atoms with E-state index in [-0.39, 0.29) is 17.5 Å². The van der Waals surface area contributed by atoms with Gasteiger partial charge in [0, 0.05) is 0 Å². The van der Waals surface area contributed by atoms with Crippen LogP contribution < -0.4 is 0 Å². The summed E-state index contributed by atoms with van der Waals surface area (Å²) in [4.78, 5) is 2.18. The van der Waals surface area contributed by atoms with Crippen LogP contribution in [0, 0.1) is 5.41 Å². The Labute approximate surface area is 104 Å². The van der Waals surface area contributed by atoms with E-state index in [9.17, 15) is 13.5 Å². The molecule has 5 heteroatoms. The number of rotatable bonds is 1. The highest BCUT2D eigenvalue weighted by Gasteiger charge is 2.40. The van der Waals surface area contributed by atoms with Gasteiger partial charge < -0.3 is 5.11 Å². The minimum atomic E-state index is -3.03. The molecule has 1 N–H and O–H groups in total. The van der Waals surface area contributed by atoms with Gasteiger partial charge in [0.15, 0.2) is 9.84 Å². The molecule has 2 aliphatic heterocycles. The number of hydrogen-bond donors (Lipinski definition) is 1. The SMILES string of the molecule is CC1(C)CCCN(C2CS(=O)(=O)CC2O)CC1. The highest BCUT2D eigenvalue weighted by atomic mass is 32.2. The van der Waals surface area contributed by atoms with Crippen LogP contribution in [0.15, 0.2) is 0 Å². The van der Waals surface area contributed by atoms with E-state index in [0.717, 1.165) is 25.9 Å². The van der Waals surface area contributed by atoms with E-state index in [1.54, 1.807) is 0 Å². The molecule has 2 atom stereocenters. The average molecular weight is 261 g/mol. The first kappa shape index (κ1) is 13.3.